The highest BCUT2D eigenvalue weighted by atomic mass is 35.5. The molecule has 0 radical (unpaired) electrons. The molecule has 0 aliphatic carbocycles. The normalized spacial score (nSPS) is 12.1. The van der Waals surface area contributed by atoms with Crippen molar-refractivity contribution in [3.8, 4) is 0 Å². The first kappa shape index (κ1) is 21.4. The summed E-state index contributed by atoms with van der Waals surface area (Å²) in [4.78, 5) is 13.8. The first-order chi connectivity index (χ1) is 13.5. The molecule has 8 nitrogen and oxygen atoms in total. The summed E-state index contributed by atoms with van der Waals surface area (Å²) < 4.78 is 50.1. The van der Waals surface area contributed by atoms with Gasteiger partial charge in [0.15, 0.2) is 5.03 Å². The third-order valence-electron chi connectivity index (χ3n) is 3.89. The molecule has 3 rings (SSSR count). The molecule has 0 aliphatic heterocycles. The molecule has 0 unspecified atom stereocenters. The van der Waals surface area contributed by atoms with Gasteiger partial charge in [-0.25, -0.2) is 21.8 Å². The van der Waals surface area contributed by atoms with E-state index < -0.39 is 39.7 Å². The molecule has 1 heterocycles. The van der Waals surface area contributed by atoms with Gasteiger partial charge < -0.3 is 0 Å². The molecule has 1 aromatic heterocycles. The van der Waals surface area contributed by atoms with Crippen molar-refractivity contribution < 1.29 is 21.8 Å². The van der Waals surface area contributed by atoms with Crippen molar-refractivity contribution in [3.63, 3.8) is 0 Å². The van der Waals surface area contributed by atoms with E-state index in [1.807, 2.05) is 0 Å². The van der Waals surface area contributed by atoms with Gasteiger partial charge in [0, 0.05) is 12.1 Å². The number of hydrogen-bond acceptors (Lipinski definition) is 8. The van der Waals surface area contributed by atoms with Crippen LogP contribution < -0.4 is 0 Å². The maximum absolute atomic E-state index is 12.8. The van der Waals surface area contributed by atoms with Crippen molar-refractivity contribution in [2.24, 2.45) is 0 Å². The van der Waals surface area contributed by atoms with Gasteiger partial charge in [-0.1, -0.05) is 52.8 Å². The summed E-state index contributed by atoms with van der Waals surface area (Å²) in [6, 6.07) is 11.0. The van der Waals surface area contributed by atoms with Crippen LogP contribution in [0.15, 0.2) is 62.8 Å². The van der Waals surface area contributed by atoms with Crippen molar-refractivity contribution in [2.75, 3.05) is 0 Å². The SMILES string of the molecule is Cc1ccc(S(=O)(=O)c2nc(S(=O)(=O)Cc3ccc([N+](=O)[O-])cc3)sc2Cl)cc1. The zero-order chi connectivity index (χ0) is 21.4. The second kappa shape index (κ2) is 7.82. The first-order valence-electron chi connectivity index (χ1n) is 7.95. The van der Waals surface area contributed by atoms with Gasteiger partial charge in [-0.2, -0.15) is 0 Å². The quantitative estimate of drug-likeness (QED) is 0.394. The Morgan fingerprint density at radius 1 is 1.03 bits per heavy atom. The third-order valence-corrected chi connectivity index (χ3v) is 9.23. The van der Waals surface area contributed by atoms with Crippen LogP contribution in [-0.2, 0) is 25.4 Å². The largest absolute Gasteiger partial charge is 0.269 e. The van der Waals surface area contributed by atoms with Crippen LogP contribution in [0.4, 0.5) is 5.69 Å². The Bertz CT molecular complexity index is 1280. The summed E-state index contributed by atoms with van der Waals surface area (Å²) in [6.07, 6.45) is 0. The summed E-state index contributed by atoms with van der Waals surface area (Å²) in [6.45, 7) is 1.80. The fraction of sp³-hybridized carbons (Fsp3) is 0.118. The van der Waals surface area contributed by atoms with Crippen molar-refractivity contribution in [1.82, 2.24) is 4.98 Å². The Morgan fingerprint density at radius 3 is 2.17 bits per heavy atom. The maximum Gasteiger partial charge on any atom is 0.269 e. The molecular weight excluding hydrogens is 460 g/mol. The number of aryl methyl sites for hydroxylation is 1. The van der Waals surface area contributed by atoms with Crippen molar-refractivity contribution in [2.45, 2.75) is 26.9 Å². The number of benzene rings is 2. The molecule has 12 heteroatoms. The van der Waals surface area contributed by atoms with Crippen LogP contribution in [0.2, 0.25) is 4.34 Å². The topological polar surface area (TPSA) is 124 Å². The van der Waals surface area contributed by atoms with Crippen molar-refractivity contribution in [1.29, 1.82) is 0 Å². The number of sulfone groups is 2. The number of non-ortho nitro benzene ring substituents is 1. The summed E-state index contributed by atoms with van der Waals surface area (Å²) >= 11 is 6.56. The number of halogens is 1. The van der Waals surface area contributed by atoms with Gasteiger partial charge in [0.1, 0.15) is 4.34 Å². The molecule has 0 saturated heterocycles. The van der Waals surface area contributed by atoms with Crippen LogP contribution in [0.1, 0.15) is 11.1 Å². The molecule has 3 aromatic rings. The Kier molecular flexibility index (Phi) is 5.77. The van der Waals surface area contributed by atoms with E-state index in [4.69, 9.17) is 11.6 Å². The van der Waals surface area contributed by atoms with Crippen LogP contribution in [0.3, 0.4) is 0 Å². The fourth-order valence-corrected chi connectivity index (χ4v) is 7.15. The predicted octanol–water partition coefficient (Wildman–Crippen LogP) is 3.82. The van der Waals surface area contributed by atoms with Gasteiger partial charge in [0.05, 0.1) is 15.6 Å². The number of nitro benzene ring substituents is 1. The zero-order valence-corrected chi connectivity index (χ0v) is 18.0. The Morgan fingerprint density at radius 2 is 1.62 bits per heavy atom. The van der Waals surface area contributed by atoms with E-state index >= 15 is 0 Å². The van der Waals surface area contributed by atoms with E-state index in [0.717, 1.165) is 5.56 Å². The van der Waals surface area contributed by atoms with Crippen LogP contribution in [-0.4, -0.2) is 26.7 Å². The lowest BCUT2D eigenvalue weighted by Gasteiger charge is -2.03. The average Bonchev–Trinajstić information content (AvgIpc) is 3.06. The molecule has 0 bridgehead atoms. The van der Waals surface area contributed by atoms with Crippen LogP contribution in [0.25, 0.3) is 0 Å². The second-order valence-electron chi connectivity index (χ2n) is 6.06. The summed E-state index contributed by atoms with van der Waals surface area (Å²) in [5.41, 5.74) is 0.986. The maximum atomic E-state index is 12.8. The molecule has 0 aliphatic rings. The van der Waals surface area contributed by atoms with Crippen molar-refractivity contribution >= 4 is 48.3 Å². The van der Waals surface area contributed by atoms with Crippen LogP contribution in [0, 0.1) is 17.0 Å². The zero-order valence-electron chi connectivity index (χ0n) is 14.8. The number of rotatable bonds is 6. The Labute approximate surface area is 175 Å². The van der Waals surface area contributed by atoms with E-state index in [1.54, 1.807) is 19.1 Å². The number of thiazole rings is 1. The van der Waals surface area contributed by atoms with E-state index in [0.29, 0.717) is 16.9 Å². The van der Waals surface area contributed by atoms with E-state index in [-0.39, 0.29) is 14.9 Å². The lowest BCUT2D eigenvalue weighted by Crippen LogP contribution is -2.07. The van der Waals surface area contributed by atoms with E-state index in [1.165, 1.54) is 36.4 Å². The molecule has 2 aromatic carbocycles. The smallest absolute Gasteiger partial charge is 0.258 e. The highest BCUT2D eigenvalue weighted by molar-refractivity contribution is 7.93. The Balaban J connectivity index is 1.94. The molecule has 152 valence electrons. The van der Waals surface area contributed by atoms with Gasteiger partial charge in [-0.3, -0.25) is 10.1 Å². The standard InChI is InChI=1S/C17H13ClN2O6S3/c1-11-2-8-14(9-3-11)29(25,26)16-15(18)27-17(19-16)28(23,24)10-12-4-6-13(7-5-12)20(21)22/h2-9H,10H2,1H3. The minimum atomic E-state index is -4.09. The van der Waals surface area contributed by atoms with Gasteiger partial charge in [0.25, 0.3) is 5.69 Å². The van der Waals surface area contributed by atoms with Gasteiger partial charge >= 0.3 is 0 Å². The number of aromatic nitrogens is 1. The summed E-state index contributed by atoms with van der Waals surface area (Å²) in [5, 5.41) is 10.2. The summed E-state index contributed by atoms with van der Waals surface area (Å²) in [5.74, 6) is -0.501. The molecule has 0 N–H and O–H groups in total. The number of hydrogen-bond donors (Lipinski definition) is 0. The fourth-order valence-electron chi connectivity index (χ4n) is 2.39. The Hall–Kier alpha value is -2.34. The third kappa shape index (κ3) is 4.47. The second-order valence-corrected chi connectivity index (χ2v) is 11.7. The lowest BCUT2D eigenvalue weighted by atomic mass is 10.2. The molecule has 0 atom stereocenters. The predicted molar refractivity (Wildman–Crippen MR) is 108 cm³/mol. The van der Waals surface area contributed by atoms with Gasteiger partial charge in [-0.15, -0.1) is 0 Å². The molecule has 29 heavy (non-hydrogen) atoms. The van der Waals surface area contributed by atoms with Crippen molar-refractivity contribution in [3.05, 3.63) is 74.1 Å². The van der Waals surface area contributed by atoms with Crippen LogP contribution >= 0.6 is 22.9 Å². The number of nitro groups is 1. The lowest BCUT2D eigenvalue weighted by molar-refractivity contribution is -0.384. The molecule has 0 fully saturated rings. The molecular formula is C17H13ClN2O6S3. The van der Waals surface area contributed by atoms with Gasteiger partial charge in [0.2, 0.25) is 24.0 Å². The minimum absolute atomic E-state index is 0.0467. The number of nitrogens with zero attached hydrogens (tertiary/aromatic N) is 2. The minimum Gasteiger partial charge on any atom is -0.258 e. The van der Waals surface area contributed by atoms with E-state index in [9.17, 15) is 26.9 Å². The van der Waals surface area contributed by atoms with Gasteiger partial charge in [-0.05, 0) is 24.6 Å². The van der Waals surface area contributed by atoms with E-state index in [2.05, 4.69) is 4.98 Å². The average molecular weight is 473 g/mol. The van der Waals surface area contributed by atoms with Crippen LogP contribution in [0.5, 0.6) is 0 Å². The monoisotopic (exact) mass is 472 g/mol. The summed E-state index contributed by atoms with van der Waals surface area (Å²) in [7, 11) is -8.09. The first-order valence-corrected chi connectivity index (χ1v) is 12.3. The highest BCUT2D eigenvalue weighted by Crippen LogP contribution is 2.35. The molecule has 0 amide bonds. The highest BCUT2D eigenvalue weighted by Gasteiger charge is 2.30. The molecule has 0 saturated carbocycles. The molecule has 0 spiro atoms.